The number of aliphatic hydroxyl groups is 1. The van der Waals surface area contributed by atoms with Gasteiger partial charge in [-0.3, -0.25) is 5.10 Å². The lowest BCUT2D eigenvalue weighted by Gasteiger charge is -2.26. The van der Waals surface area contributed by atoms with Crippen molar-refractivity contribution >= 4 is 27.3 Å². The zero-order chi connectivity index (χ0) is 25.8. The molecule has 0 unspecified atom stereocenters. The molecular formula is C27H29N5O4S. The third-order valence-electron chi connectivity index (χ3n) is 6.43. The summed E-state index contributed by atoms with van der Waals surface area (Å²) in [5.41, 5.74) is 1.67. The highest BCUT2D eigenvalue weighted by Gasteiger charge is 2.23. The Hall–Kier alpha value is -3.89. The lowest BCUT2D eigenvalue weighted by atomic mass is 9.93. The van der Waals surface area contributed by atoms with E-state index in [4.69, 9.17) is 4.74 Å². The Morgan fingerprint density at radius 3 is 2.41 bits per heavy atom. The molecule has 9 nitrogen and oxygen atoms in total. The maximum absolute atomic E-state index is 13.4. The minimum Gasteiger partial charge on any atom is -0.497 e. The van der Waals surface area contributed by atoms with Crippen LogP contribution in [0.15, 0.2) is 82.6 Å². The maximum atomic E-state index is 13.4. The first kappa shape index (κ1) is 24.8. The van der Waals surface area contributed by atoms with Gasteiger partial charge in [-0.25, -0.2) is 13.4 Å². The number of aliphatic hydroxyl groups excluding tert-OH is 1. The lowest BCUT2D eigenvalue weighted by Crippen LogP contribution is -2.28. The highest BCUT2D eigenvalue weighted by atomic mass is 32.2. The van der Waals surface area contributed by atoms with Gasteiger partial charge in [0.1, 0.15) is 17.4 Å². The SMILES string of the molecule is COc1cccc(-c2cc(Nc3cc(S(=O)(=O)c4ccccc4)cc(N[C@H]4CC[C@H](O)CC4)n3)n[nH]2)c1. The van der Waals surface area contributed by atoms with Gasteiger partial charge in [0.15, 0.2) is 5.82 Å². The molecule has 0 amide bonds. The molecule has 10 heteroatoms. The van der Waals surface area contributed by atoms with Crippen LogP contribution >= 0.6 is 0 Å². The molecule has 0 atom stereocenters. The molecule has 5 rings (SSSR count). The minimum absolute atomic E-state index is 0.100. The summed E-state index contributed by atoms with van der Waals surface area (Å²) in [6.45, 7) is 0. The number of anilines is 3. The lowest BCUT2D eigenvalue weighted by molar-refractivity contribution is 0.126. The van der Waals surface area contributed by atoms with E-state index in [0.29, 0.717) is 30.3 Å². The number of ether oxygens (including phenoxy) is 1. The van der Waals surface area contributed by atoms with E-state index in [1.54, 1.807) is 43.5 Å². The van der Waals surface area contributed by atoms with E-state index in [1.807, 2.05) is 30.3 Å². The van der Waals surface area contributed by atoms with Gasteiger partial charge in [0.25, 0.3) is 0 Å². The fraction of sp³-hybridized carbons (Fsp3) is 0.259. The van der Waals surface area contributed by atoms with Crippen LogP contribution in [0, 0.1) is 0 Å². The molecule has 2 aromatic heterocycles. The number of hydrogen-bond acceptors (Lipinski definition) is 8. The quantitative estimate of drug-likeness (QED) is 0.262. The van der Waals surface area contributed by atoms with Crippen molar-refractivity contribution in [1.29, 1.82) is 0 Å². The number of nitrogens with one attached hydrogen (secondary N) is 3. The Balaban J connectivity index is 1.46. The third-order valence-corrected chi connectivity index (χ3v) is 8.18. The number of nitrogens with zero attached hydrogens (tertiary/aromatic N) is 2. The molecule has 0 aliphatic heterocycles. The molecule has 0 radical (unpaired) electrons. The molecule has 2 aromatic carbocycles. The summed E-state index contributed by atoms with van der Waals surface area (Å²) in [6.07, 6.45) is 2.68. The molecule has 0 bridgehead atoms. The summed E-state index contributed by atoms with van der Waals surface area (Å²) in [5, 5.41) is 23.7. The Labute approximate surface area is 215 Å². The summed E-state index contributed by atoms with van der Waals surface area (Å²) in [6, 6.07) is 20.9. The fourth-order valence-corrected chi connectivity index (χ4v) is 5.74. The van der Waals surface area contributed by atoms with E-state index in [2.05, 4.69) is 25.8 Å². The van der Waals surface area contributed by atoms with Gasteiger partial charge in [0.05, 0.1) is 28.7 Å². The first-order chi connectivity index (χ1) is 17.9. The van der Waals surface area contributed by atoms with Crippen LogP contribution < -0.4 is 15.4 Å². The van der Waals surface area contributed by atoms with Crippen LogP contribution in [0.1, 0.15) is 25.7 Å². The van der Waals surface area contributed by atoms with Crippen LogP contribution in [0.25, 0.3) is 11.3 Å². The van der Waals surface area contributed by atoms with E-state index in [-0.39, 0.29) is 21.9 Å². The second kappa shape index (κ2) is 10.6. The normalized spacial score (nSPS) is 17.8. The monoisotopic (exact) mass is 519 g/mol. The van der Waals surface area contributed by atoms with Crippen molar-refractivity contribution in [3.8, 4) is 17.0 Å². The Morgan fingerprint density at radius 1 is 0.892 bits per heavy atom. The number of methoxy groups -OCH3 is 1. The minimum atomic E-state index is -3.77. The molecule has 1 aliphatic rings. The molecule has 2 heterocycles. The van der Waals surface area contributed by atoms with Gasteiger partial charge in [-0.2, -0.15) is 5.10 Å². The highest BCUT2D eigenvalue weighted by molar-refractivity contribution is 7.91. The second-order valence-electron chi connectivity index (χ2n) is 9.06. The number of aromatic nitrogens is 3. The summed E-state index contributed by atoms with van der Waals surface area (Å²) >= 11 is 0. The number of rotatable bonds is 8. The molecular weight excluding hydrogens is 490 g/mol. The van der Waals surface area contributed by atoms with Crippen LogP contribution in [0.2, 0.25) is 0 Å². The van der Waals surface area contributed by atoms with Gasteiger partial charge >= 0.3 is 0 Å². The van der Waals surface area contributed by atoms with E-state index < -0.39 is 9.84 Å². The van der Waals surface area contributed by atoms with Crippen molar-refractivity contribution in [3.63, 3.8) is 0 Å². The van der Waals surface area contributed by atoms with Gasteiger partial charge in [-0.1, -0.05) is 30.3 Å². The standard InChI is InChI=1S/C27H29N5O4S/c1-36-21-7-5-6-18(14-21)24-17-27(32-31-24)30-26-16-23(37(34,35)22-8-3-2-4-9-22)15-25(29-26)28-19-10-12-20(33)13-11-19/h2-9,14-17,19-20,33H,10-13H2,1H3,(H3,28,29,30,31,32)/t19-,20-. The van der Waals surface area contributed by atoms with Gasteiger partial charge < -0.3 is 20.5 Å². The van der Waals surface area contributed by atoms with Gasteiger partial charge in [-0.05, 0) is 56.0 Å². The summed E-state index contributed by atoms with van der Waals surface area (Å²) in [4.78, 5) is 4.97. The molecule has 1 saturated carbocycles. The zero-order valence-electron chi connectivity index (χ0n) is 20.4. The smallest absolute Gasteiger partial charge is 0.206 e. The predicted molar refractivity (Wildman–Crippen MR) is 142 cm³/mol. The predicted octanol–water partition coefficient (Wildman–Crippen LogP) is 4.77. The van der Waals surface area contributed by atoms with Crippen molar-refractivity contribution in [1.82, 2.24) is 15.2 Å². The molecule has 0 saturated heterocycles. The average Bonchev–Trinajstić information content (AvgIpc) is 3.39. The second-order valence-corrected chi connectivity index (χ2v) is 11.0. The first-order valence-corrected chi connectivity index (χ1v) is 13.6. The van der Waals surface area contributed by atoms with Gasteiger partial charge in [0.2, 0.25) is 9.84 Å². The van der Waals surface area contributed by atoms with E-state index in [0.717, 1.165) is 29.8 Å². The van der Waals surface area contributed by atoms with Crippen LogP contribution in [-0.2, 0) is 9.84 Å². The number of aromatic amines is 1. The van der Waals surface area contributed by atoms with Crippen molar-refractivity contribution in [2.24, 2.45) is 0 Å². The molecule has 4 N–H and O–H groups in total. The van der Waals surface area contributed by atoms with Crippen molar-refractivity contribution in [2.75, 3.05) is 17.7 Å². The largest absolute Gasteiger partial charge is 0.497 e. The number of pyridine rings is 1. The van der Waals surface area contributed by atoms with Crippen molar-refractivity contribution < 1.29 is 18.3 Å². The van der Waals surface area contributed by atoms with E-state index in [1.165, 1.54) is 6.07 Å². The molecule has 37 heavy (non-hydrogen) atoms. The first-order valence-electron chi connectivity index (χ1n) is 12.1. The van der Waals surface area contributed by atoms with Crippen LogP contribution in [0.5, 0.6) is 5.75 Å². The maximum Gasteiger partial charge on any atom is 0.206 e. The van der Waals surface area contributed by atoms with E-state index in [9.17, 15) is 13.5 Å². The number of H-pyrrole nitrogens is 1. The van der Waals surface area contributed by atoms with Gasteiger partial charge in [-0.15, -0.1) is 0 Å². The molecule has 4 aromatic rings. The number of hydrogen-bond donors (Lipinski definition) is 4. The zero-order valence-corrected chi connectivity index (χ0v) is 21.2. The summed E-state index contributed by atoms with van der Waals surface area (Å²) in [5.74, 6) is 2.02. The van der Waals surface area contributed by atoms with E-state index >= 15 is 0 Å². The van der Waals surface area contributed by atoms with Crippen molar-refractivity contribution in [3.05, 3.63) is 72.8 Å². The van der Waals surface area contributed by atoms with Crippen LogP contribution in [0.3, 0.4) is 0 Å². The Morgan fingerprint density at radius 2 is 1.65 bits per heavy atom. The average molecular weight is 520 g/mol. The van der Waals surface area contributed by atoms with Crippen LogP contribution in [0.4, 0.5) is 17.5 Å². The molecule has 1 fully saturated rings. The number of sulfone groups is 1. The molecule has 1 aliphatic carbocycles. The van der Waals surface area contributed by atoms with Crippen molar-refractivity contribution in [2.45, 2.75) is 47.6 Å². The summed E-state index contributed by atoms with van der Waals surface area (Å²) in [7, 11) is -2.16. The number of benzene rings is 2. The molecule has 0 spiro atoms. The van der Waals surface area contributed by atoms with Crippen LogP contribution in [-0.4, -0.2) is 48.0 Å². The van der Waals surface area contributed by atoms with Gasteiger partial charge in [0, 0.05) is 23.7 Å². The topological polar surface area (TPSA) is 129 Å². The summed E-state index contributed by atoms with van der Waals surface area (Å²) < 4.78 is 32.2. The highest BCUT2D eigenvalue weighted by Crippen LogP contribution is 2.30. The molecule has 192 valence electrons. The fourth-order valence-electron chi connectivity index (χ4n) is 4.42. The third kappa shape index (κ3) is 5.76. The Bertz CT molecular complexity index is 1470. The Kier molecular flexibility index (Phi) is 7.11.